The van der Waals surface area contributed by atoms with Crippen molar-refractivity contribution in [3.8, 4) is 0 Å². The number of benzene rings is 1. The molecule has 0 saturated carbocycles. The van der Waals surface area contributed by atoms with E-state index in [1.54, 1.807) is 6.20 Å². The maximum atomic E-state index is 12.7. The molecule has 1 aromatic heterocycles. The Morgan fingerprint density at radius 1 is 1.20 bits per heavy atom. The highest BCUT2D eigenvalue weighted by Gasteiger charge is 2.32. The zero-order valence-corrected chi connectivity index (χ0v) is 12.2. The molecule has 2 rings (SSSR count). The molecule has 0 amide bonds. The number of para-hydroxylation sites is 1. The monoisotopic (exact) mass is 270 g/mol. The SMILES string of the molecule is CCC(CC)(CN)C(=O)Cc1ccnc2ccccc12. The van der Waals surface area contributed by atoms with Crippen LogP contribution >= 0.6 is 0 Å². The van der Waals surface area contributed by atoms with Gasteiger partial charge in [-0.2, -0.15) is 0 Å². The van der Waals surface area contributed by atoms with Gasteiger partial charge in [0.25, 0.3) is 0 Å². The van der Waals surface area contributed by atoms with E-state index in [9.17, 15) is 4.79 Å². The molecule has 0 aliphatic carbocycles. The van der Waals surface area contributed by atoms with Crippen LogP contribution in [0.3, 0.4) is 0 Å². The van der Waals surface area contributed by atoms with Gasteiger partial charge in [-0.05, 0) is 30.5 Å². The minimum Gasteiger partial charge on any atom is -0.329 e. The molecule has 0 unspecified atom stereocenters. The highest BCUT2D eigenvalue weighted by atomic mass is 16.1. The van der Waals surface area contributed by atoms with Gasteiger partial charge in [0.05, 0.1) is 5.52 Å². The van der Waals surface area contributed by atoms with Crippen LogP contribution in [0.15, 0.2) is 36.5 Å². The van der Waals surface area contributed by atoms with Crippen LogP contribution in [0, 0.1) is 5.41 Å². The lowest BCUT2D eigenvalue weighted by atomic mass is 9.76. The second-order valence-electron chi connectivity index (χ2n) is 5.28. The molecule has 3 nitrogen and oxygen atoms in total. The molecule has 0 aliphatic rings. The first-order valence-corrected chi connectivity index (χ1v) is 7.23. The Hall–Kier alpha value is -1.74. The number of carbonyl (C=O) groups is 1. The quantitative estimate of drug-likeness (QED) is 0.877. The van der Waals surface area contributed by atoms with Gasteiger partial charge in [0, 0.05) is 30.0 Å². The predicted molar refractivity (Wildman–Crippen MR) is 82.5 cm³/mol. The van der Waals surface area contributed by atoms with Crippen molar-refractivity contribution < 1.29 is 4.79 Å². The van der Waals surface area contributed by atoms with Crippen LogP contribution in [-0.4, -0.2) is 17.3 Å². The number of aromatic nitrogens is 1. The standard InChI is InChI=1S/C17H22N2O/c1-3-17(4-2,12-18)16(20)11-13-9-10-19-15-8-6-5-7-14(13)15/h5-10H,3-4,11-12,18H2,1-2H3. The summed E-state index contributed by atoms with van der Waals surface area (Å²) in [5.74, 6) is 0.237. The fourth-order valence-corrected chi connectivity index (χ4v) is 2.72. The molecular weight excluding hydrogens is 248 g/mol. The second-order valence-corrected chi connectivity index (χ2v) is 5.28. The van der Waals surface area contributed by atoms with Crippen molar-refractivity contribution >= 4 is 16.7 Å². The number of Topliss-reactive ketones (excluding diaryl/α,β-unsaturated/α-hetero) is 1. The first kappa shape index (κ1) is 14.7. The number of carbonyl (C=O) groups excluding carboxylic acids is 1. The summed E-state index contributed by atoms with van der Waals surface area (Å²) < 4.78 is 0. The van der Waals surface area contributed by atoms with Crippen LogP contribution in [0.1, 0.15) is 32.3 Å². The number of nitrogens with zero attached hydrogens (tertiary/aromatic N) is 1. The second kappa shape index (κ2) is 6.14. The van der Waals surface area contributed by atoms with Gasteiger partial charge < -0.3 is 5.73 Å². The number of fused-ring (bicyclic) bond motifs is 1. The third-order valence-electron chi connectivity index (χ3n) is 4.43. The van der Waals surface area contributed by atoms with Crippen molar-refractivity contribution in [3.05, 3.63) is 42.1 Å². The predicted octanol–water partition coefficient (Wildman–Crippen LogP) is 3.11. The molecule has 0 radical (unpaired) electrons. The van der Waals surface area contributed by atoms with Gasteiger partial charge in [0.2, 0.25) is 0 Å². The summed E-state index contributed by atoms with van der Waals surface area (Å²) in [5, 5.41) is 1.06. The Balaban J connectivity index is 2.35. The molecule has 3 heteroatoms. The van der Waals surface area contributed by atoms with Crippen LogP contribution in [-0.2, 0) is 11.2 Å². The summed E-state index contributed by atoms with van der Waals surface area (Å²) in [4.78, 5) is 17.0. The fraction of sp³-hybridized carbons (Fsp3) is 0.412. The number of hydrogen-bond donors (Lipinski definition) is 1. The Kier molecular flexibility index (Phi) is 4.50. The lowest BCUT2D eigenvalue weighted by Gasteiger charge is -2.28. The largest absolute Gasteiger partial charge is 0.329 e. The van der Waals surface area contributed by atoms with Crippen LogP contribution in [0.2, 0.25) is 0 Å². The van der Waals surface area contributed by atoms with E-state index < -0.39 is 0 Å². The minimum absolute atomic E-state index is 0.237. The van der Waals surface area contributed by atoms with Crippen LogP contribution < -0.4 is 5.73 Å². The van der Waals surface area contributed by atoms with Gasteiger partial charge in [-0.1, -0.05) is 32.0 Å². The van der Waals surface area contributed by atoms with E-state index in [-0.39, 0.29) is 11.2 Å². The van der Waals surface area contributed by atoms with Crippen LogP contribution in [0.4, 0.5) is 0 Å². The normalized spacial score (nSPS) is 11.8. The lowest BCUT2D eigenvalue weighted by molar-refractivity contribution is -0.128. The molecule has 1 heterocycles. The molecule has 0 atom stereocenters. The summed E-state index contributed by atoms with van der Waals surface area (Å²) in [6.07, 6.45) is 3.79. The molecule has 2 N–H and O–H groups in total. The summed E-state index contributed by atoms with van der Waals surface area (Å²) in [6.45, 7) is 4.50. The Bertz CT molecular complexity index is 589. The van der Waals surface area contributed by atoms with Crippen molar-refractivity contribution in [2.75, 3.05) is 6.54 Å². The summed E-state index contributed by atoms with van der Waals surface area (Å²) in [7, 11) is 0. The van der Waals surface area contributed by atoms with Gasteiger partial charge >= 0.3 is 0 Å². The molecule has 0 spiro atoms. The van der Waals surface area contributed by atoms with E-state index in [4.69, 9.17) is 5.73 Å². The number of ketones is 1. The number of rotatable bonds is 6. The number of nitrogens with two attached hydrogens (primary N) is 1. The van der Waals surface area contributed by atoms with Crippen LogP contribution in [0.25, 0.3) is 10.9 Å². The Morgan fingerprint density at radius 2 is 1.90 bits per heavy atom. The Labute approximate surface area is 120 Å². The average Bonchev–Trinajstić information content (AvgIpc) is 2.50. The summed E-state index contributed by atoms with van der Waals surface area (Å²) >= 11 is 0. The van der Waals surface area contributed by atoms with Crippen molar-refractivity contribution in [1.29, 1.82) is 0 Å². The van der Waals surface area contributed by atoms with E-state index in [1.807, 2.05) is 44.2 Å². The van der Waals surface area contributed by atoms with Gasteiger partial charge in [-0.25, -0.2) is 0 Å². The van der Waals surface area contributed by atoms with E-state index in [2.05, 4.69) is 4.98 Å². The van der Waals surface area contributed by atoms with Gasteiger partial charge in [0.1, 0.15) is 5.78 Å². The van der Waals surface area contributed by atoms with Crippen molar-refractivity contribution in [2.45, 2.75) is 33.1 Å². The molecule has 0 aliphatic heterocycles. The third kappa shape index (κ3) is 2.59. The zero-order valence-electron chi connectivity index (χ0n) is 12.2. The topological polar surface area (TPSA) is 56.0 Å². The summed E-state index contributed by atoms with van der Waals surface area (Å²) in [5.41, 5.74) is 7.45. The van der Waals surface area contributed by atoms with E-state index in [1.165, 1.54) is 0 Å². The van der Waals surface area contributed by atoms with Crippen molar-refractivity contribution in [2.24, 2.45) is 11.1 Å². The Morgan fingerprint density at radius 3 is 2.55 bits per heavy atom. The molecule has 0 bridgehead atoms. The van der Waals surface area contributed by atoms with Crippen molar-refractivity contribution in [1.82, 2.24) is 4.98 Å². The minimum atomic E-state index is -0.385. The van der Waals surface area contributed by atoms with E-state index >= 15 is 0 Å². The highest BCUT2D eigenvalue weighted by molar-refractivity contribution is 5.92. The third-order valence-corrected chi connectivity index (χ3v) is 4.43. The molecule has 1 aromatic carbocycles. The maximum Gasteiger partial charge on any atom is 0.144 e. The summed E-state index contributed by atoms with van der Waals surface area (Å²) in [6, 6.07) is 9.87. The van der Waals surface area contributed by atoms with Gasteiger partial charge in [-0.15, -0.1) is 0 Å². The van der Waals surface area contributed by atoms with Crippen molar-refractivity contribution in [3.63, 3.8) is 0 Å². The maximum absolute atomic E-state index is 12.7. The first-order valence-electron chi connectivity index (χ1n) is 7.23. The van der Waals surface area contributed by atoms with Gasteiger partial charge in [0.15, 0.2) is 0 Å². The highest BCUT2D eigenvalue weighted by Crippen LogP contribution is 2.29. The lowest BCUT2D eigenvalue weighted by Crippen LogP contribution is -2.38. The number of hydrogen-bond acceptors (Lipinski definition) is 3. The molecule has 106 valence electrons. The molecule has 0 fully saturated rings. The molecular formula is C17H22N2O. The smallest absolute Gasteiger partial charge is 0.144 e. The van der Waals surface area contributed by atoms with E-state index in [0.717, 1.165) is 29.3 Å². The molecule has 0 saturated heterocycles. The van der Waals surface area contributed by atoms with Crippen LogP contribution in [0.5, 0.6) is 0 Å². The molecule has 20 heavy (non-hydrogen) atoms. The first-order chi connectivity index (χ1) is 9.66. The number of pyridine rings is 1. The molecule has 2 aromatic rings. The van der Waals surface area contributed by atoms with Gasteiger partial charge in [-0.3, -0.25) is 9.78 Å². The zero-order chi connectivity index (χ0) is 14.6. The average molecular weight is 270 g/mol. The van der Waals surface area contributed by atoms with E-state index in [0.29, 0.717) is 13.0 Å². The fourth-order valence-electron chi connectivity index (χ4n) is 2.72.